The van der Waals surface area contributed by atoms with Gasteiger partial charge < -0.3 is 5.32 Å². The zero-order chi connectivity index (χ0) is 20.0. The highest BCUT2D eigenvalue weighted by molar-refractivity contribution is 7.89. The molecule has 1 fully saturated rings. The van der Waals surface area contributed by atoms with Crippen molar-refractivity contribution >= 4 is 27.7 Å². The summed E-state index contributed by atoms with van der Waals surface area (Å²) < 4.78 is 26.8. The number of urea groups is 1. The number of amides is 3. The lowest BCUT2D eigenvalue weighted by atomic mass is 10.1. The Morgan fingerprint density at radius 3 is 2.56 bits per heavy atom. The lowest BCUT2D eigenvalue weighted by molar-refractivity contribution is -0.122. The van der Waals surface area contributed by atoms with Crippen LogP contribution in [0.25, 0.3) is 0 Å². The summed E-state index contributed by atoms with van der Waals surface area (Å²) in [5.74, 6) is -0.985. The van der Waals surface area contributed by atoms with E-state index in [4.69, 9.17) is 0 Å². The molecule has 1 aromatic rings. The third-order valence-corrected chi connectivity index (χ3v) is 5.93. The number of ketones is 1. The van der Waals surface area contributed by atoms with Crippen LogP contribution in [0.1, 0.15) is 33.1 Å². The minimum atomic E-state index is -4.30. The lowest BCUT2D eigenvalue weighted by Gasteiger charge is -2.29. The average molecular weight is 395 g/mol. The van der Waals surface area contributed by atoms with Gasteiger partial charge in [-0.3, -0.25) is 14.9 Å². The van der Waals surface area contributed by atoms with Gasteiger partial charge in [0.15, 0.2) is 5.78 Å². The standard InChI is InChI=1S/C18H25N3O5S/c1-13(2)11-17(23)20-18(24)21(15-9-6-10-19-12-16(15)22)27(25,26)14-7-4-3-5-8-14/h3-5,7-8,13,15,19H,6,9-12H2,1-2H3,(H,20,23,24)/t15-/m0/s1. The Labute approximate surface area is 159 Å². The first-order chi connectivity index (χ1) is 12.7. The van der Waals surface area contributed by atoms with E-state index in [-0.39, 0.29) is 30.2 Å². The summed E-state index contributed by atoms with van der Waals surface area (Å²) in [6.07, 6.45) is 0.805. The largest absolute Gasteiger partial charge is 0.338 e. The number of nitrogens with one attached hydrogen (secondary N) is 2. The molecule has 3 amide bonds. The molecule has 1 aliphatic rings. The number of carbonyl (C=O) groups excluding carboxylic acids is 3. The smallest absolute Gasteiger partial charge is 0.310 e. The second-order valence-corrected chi connectivity index (χ2v) is 8.68. The molecular formula is C18H25N3O5S. The van der Waals surface area contributed by atoms with Crippen LogP contribution < -0.4 is 10.6 Å². The SMILES string of the molecule is CC(C)CC(=O)NC(=O)N([C@H]1CCCNCC1=O)S(=O)(=O)c1ccccc1. The lowest BCUT2D eigenvalue weighted by Crippen LogP contribution is -2.54. The monoisotopic (exact) mass is 395 g/mol. The van der Waals surface area contributed by atoms with Gasteiger partial charge in [-0.2, -0.15) is 0 Å². The molecule has 0 radical (unpaired) electrons. The van der Waals surface area contributed by atoms with E-state index in [1.165, 1.54) is 24.3 Å². The molecule has 0 unspecified atom stereocenters. The molecule has 1 aromatic carbocycles. The van der Waals surface area contributed by atoms with Crippen molar-refractivity contribution in [2.45, 2.75) is 44.0 Å². The van der Waals surface area contributed by atoms with Crippen molar-refractivity contribution in [3.8, 4) is 0 Å². The Bertz CT molecular complexity index is 792. The highest BCUT2D eigenvalue weighted by Crippen LogP contribution is 2.22. The first-order valence-corrected chi connectivity index (χ1v) is 10.3. The Morgan fingerprint density at radius 1 is 1.26 bits per heavy atom. The second kappa shape index (κ2) is 9.09. The number of benzene rings is 1. The van der Waals surface area contributed by atoms with E-state index in [9.17, 15) is 22.8 Å². The first kappa shape index (κ1) is 21.0. The molecule has 0 spiro atoms. The van der Waals surface area contributed by atoms with Gasteiger partial charge in [0, 0.05) is 6.42 Å². The molecule has 148 valence electrons. The van der Waals surface area contributed by atoms with Crippen LogP contribution in [0.4, 0.5) is 4.79 Å². The van der Waals surface area contributed by atoms with Crippen LogP contribution >= 0.6 is 0 Å². The topological polar surface area (TPSA) is 113 Å². The van der Waals surface area contributed by atoms with Crippen LogP contribution in [0.2, 0.25) is 0 Å². The maximum absolute atomic E-state index is 13.1. The van der Waals surface area contributed by atoms with E-state index in [1.807, 2.05) is 13.8 Å². The summed E-state index contributed by atoms with van der Waals surface area (Å²) in [5, 5.41) is 5.03. The van der Waals surface area contributed by atoms with Crippen LogP contribution in [-0.4, -0.2) is 49.6 Å². The van der Waals surface area contributed by atoms with Crippen LogP contribution in [0.3, 0.4) is 0 Å². The minimum Gasteiger partial charge on any atom is -0.310 e. The maximum atomic E-state index is 13.1. The first-order valence-electron chi connectivity index (χ1n) is 8.90. The van der Waals surface area contributed by atoms with E-state index in [1.54, 1.807) is 6.07 Å². The molecule has 8 nitrogen and oxygen atoms in total. The second-order valence-electron chi connectivity index (χ2n) is 6.87. The molecular weight excluding hydrogens is 370 g/mol. The number of hydrogen-bond acceptors (Lipinski definition) is 6. The number of Topliss-reactive ketones (excluding diaryl/α,β-unsaturated/α-hetero) is 1. The quantitative estimate of drug-likeness (QED) is 0.777. The maximum Gasteiger partial charge on any atom is 0.338 e. The van der Waals surface area contributed by atoms with Crippen LogP contribution in [0.15, 0.2) is 35.2 Å². The summed E-state index contributed by atoms with van der Waals surface area (Å²) in [5.41, 5.74) is 0. The van der Waals surface area contributed by atoms with Gasteiger partial charge in [0.25, 0.3) is 10.0 Å². The molecule has 1 atom stereocenters. The van der Waals surface area contributed by atoms with Crippen molar-refractivity contribution < 1.29 is 22.8 Å². The fraction of sp³-hybridized carbons (Fsp3) is 0.500. The van der Waals surface area contributed by atoms with E-state index >= 15 is 0 Å². The van der Waals surface area contributed by atoms with E-state index < -0.39 is 33.8 Å². The van der Waals surface area contributed by atoms with Gasteiger partial charge >= 0.3 is 6.03 Å². The molecule has 1 heterocycles. The number of carbonyl (C=O) groups is 3. The zero-order valence-corrected chi connectivity index (χ0v) is 16.3. The number of sulfonamides is 1. The minimum absolute atomic E-state index is 0.000642. The number of imide groups is 1. The van der Waals surface area contributed by atoms with Gasteiger partial charge in [-0.15, -0.1) is 0 Å². The molecule has 0 aromatic heterocycles. The molecule has 1 saturated heterocycles. The van der Waals surface area contributed by atoms with E-state index in [0.717, 1.165) is 0 Å². The van der Waals surface area contributed by atoms with Crippen molar-refractivity contribution in [2.75, 3.05) is 13.1 Å². The Hall–Kier alpha value is -2.26. The van der Waals surface area contributed by atoms with Gasteiger partial charge in [-0.25, -0.2) is 17.5 Å². The van der Waals surface area contributed by atoms with Crippen LogP contribution in [-0.2, 0) is 19.6 Å². The predicted molar refractivity (Wildman–Crippen MR) is 99.4 cm³/mol. The highest BCUT2D eigenvalue weighted by Gasteiger charge is 2.40. The van der Waals surface area contributed by atoms with Crippen molar-refractivity contribution in [1.82, 2.24) is 14.9 Å². The summed E-state index contributed by atoms with van der Waals surface area (Å²) in [7, 11) is -4.30. The predicted octanol–water partition coefficient (Wildman–Crippen LogP) is 1.28. The third kappa shape index (κ3) is 5.36. The molecule has 0 saturated carbocycles. The molecule has 2 N–H and O–H groups in total. The molecule has 1 aliphatic heterocycles. The fourth-order valence-electron chi connectivity index (χ4n) is 2.88. The summed E-state index contributed by atoms with van der Waals surface area (Å²) >= 11 is 0. The Kier molecular flexibility index (Phi) is 7.09. The van der Waals surface area contributed by atoms with Gasteiger partial charge in [0.2, 0.25) is 5.91 Å². The molecule has 27 heavy (non-hydrogen) atoms. The van der Waals surface area contributed by atoms with Crippen LogP contribution in [0.5, 0.6) is 0 Å². The highest BCUT2D eigenvalue weighted by atomic mass is 32.2. The number of rotatable bonds is 5. The van der Waals surface area contributed by atoms with Gasteiger partial charge in [0.05, 0.1) is 11.4 Å². The Morgan fingerprint density at radius 2 is 1.93 bits per heavy atom. The molecule has 2 rings (SSSR count). The normalized spacial score (nSPS) is 18.0. The van der Waals surface area contributed by atoms with Gasteiger partial charge in [-0.05, 0) is 37.4 Å². The van der Waals surface area contributed by atoms with Crippen molar-refractivity contribution in [3.05, 3.63) is 30.3 Å². The third-order valence-electron chi connectivity index (χ3n) is 4.13. The van der Waals surface area contributed by atoms with Crippen molar-refractivity contribution in [3.63, 3.8) is 0 Å². The molecule has 9 heteroatoms. The van der Waals surface area contributed by atoms with Gasteiger partial charge in [-0.1, -0.05) is 32.0 Å². The van der Waals surface area contributed by atoms with Crippen molar-refractivity contribution in [2.24, 2.45) is 5.92 Å². The fourth-order valence-corrected chi connectivity index (χ4v) is 4.43. The summed E-state index contributed by atoms with van der Waals surface area (Å²) in [6.45, 7) is 4.14. The number of hydrogen-bond donors (Lipinski definition) is 2. The van der Waals surface area contributed by atoms with Crippen LogP contribution in [0, 0.1) is 5.92 Å². The Balaban J connectivity index is 2.40. The van der Waals surface area contributed by atoms with Gasteiger partial charge in [0.1, 0.15) is 6.04 Å². The zero-order valence-electron chi connectivity index (χ0n) is 15.5. The molecule has 0 aliphatic carbocycles. The number of nitrogens with zero attached hydrogens (tertiary/aromatic N) is 1. The average Bonchev–Trinajstić information content (AvgIpc) is 2.80. The molecule has 0 bridgehead atoms. The van der Waals surface area contributed by atoms with E-state index in [2.05, 4.69) is 10.6 Å². The van der Waals surface area contributed by atoms with E-state index in [0.29, 0.717) is 17.3 Å². The summed E-state index contributed by atoms with van der Waals surface area (Å²) in [4.78, 5) is 37.1. The summed E-state index contributed by atoms with van der Waals surface area (Å²) in [6, 6.07) is 5.17. The van der Waals surface area contributed by atoms with Crippen molar-refractivity contribution in [1.29, 1.82) is 0 Å².